The molecule has 2 aromatic heterocycles. The number of anilines is 1. The van der Waals surface area contributed by atoms with Gasteiger partial charge in [-0.15, -0.1) is 0 Å². The van der Waals surface area contributed by atoms with Crippen LogP contribution in [-0.2, 0) is 4.79 Å². The lowest BCUT2D eigenvalue weighted by atomic mass is 9.79. The molecule has 1 unspecified atom stereocenters. The summed E-state index contributed by atoms with van der Waals surface area (Å²) in [5.41, 5.74) is 8.89. The number of benzene rings is 1. The molecule has 2 heterocycles. The Morgan fingerprint density at radius 2 is 2.04 bits per heavy atom. The predicted octanol–water partition coefficient (Wildman–Crippen LogP) is 4.46. The second kappa shape index (κ2) is 7.72. The number of H-pyrrole nitrogens is 1. The topological polar surface area (TPSA) is 83.8 Å². The Kier molecular flexibility index (Phi) is 5.13. The minimum atomic E-state index is -0.292. The Morgan fingerprint density at radius 1 is 1.25 bits per heavy atom. The molecule has 1 fully saturated rings. The normalized spacial score (nSPS) is 20.8. The summed E-state index contributed by atoms with van der Waals surface area (Å²) in [5, 5.41) is 3.89. The van der Waals surface area contributed by atoms with E-state index in [1.54, 1.807) is 18.3 Å². The lowest BCUT2D eigenvalue weighted by Crippen LogP contribution is -2.33. The quantitative estimate of drug-likeness (QED) is 0.625. The van der Waals surface area contributed by atoms with Gasteiger partial charge in [0.1, 0.15) is 11.5 Å². The van der Waals surface area contributed by atoms with E-state index in [-0.39, 0.29) is 23.7 Å². The third kappa shape index (κ3) is 3.78. The van der Waals surface area contributed by atoms with Crippen molar-refractivity contribution in [3.8, 4) is 11.3 Å². The van der Waals surface area contributed by atoms with E-state index in [0.29, 0.717) is 11.6 Å². The van der Waals surface area contributed by atoms with E-state index in [4.69, 9.17) is 5.73 Å². The first-order valence-corrected chi connectivity index (χ1v) is 9.81. The van der Waals surface area contributed by atoms with Crippen molar-refractivity contribution < 1.29 is 9.18 Å². The number of aromatic amines is 1. The molecule has 0 aliphatic heterocycles. The highest BCUT2D eigenvalue weighted by Crippen LogP contribution is 2.32. The zero-order valence-electron chi connectivity index (χ0n) is 15.9. The van der Waals surface area contributed by atoms with Crippen LogP contribution < -0.4 is 11.1 Å². The van der Waals surface area contributed by atoms with Crippen LogP contribution >= 0.6 is 0 Å². The molecule has 5 nitrogen and oxygen atoms in total. The molecule has 6 heteroatoms. The van der Waals surface area contributed by atoms with Gasteiger partial charge in [-0.25, -0.2) is 9.37 Å². The van der Waals surface area contributed by atoms with Gasteiger partial charge >= 0.3 is 0 Å². The Bertz CT molecular complexity index is 989. The Morgan fingerprint density at radius 3 is 2.75 bits per heavy atom. The van der Waals surface area contributed by atoms with E-state index < -0.39 is 0 Å². The zero-order valence-corrected chi connectivity index (χ0v) is 15.9. The van der Waals surface area contributed by atoms with Gasteiger partial charge in [-0.05, 0) is 62.8 Å². The number of pyridine rings is 1. The number of nitrogens with two attached hydrogens (primary N) is 1. The van der Waals surface area contributed by atoms with Gasteiger partial charge in [0.15, 0.2) is 0 Å². The van der Waals surface area contributed by atoms with Crippen LogP contribution in [0, 0.1) is 17.7 Å². The summed E-state index contributed by atoms with van der Waals surface area (Å²) in [6.07, 6.45) is 5.39. The highest BCUT2D eigenvalue weighted by Gasteiger charge is 2.28. The highest BCUT2D eigenvalue weighted by molar-refractivity contribution is 6.02. The first-order chi connectivity index (χ1) is 13.5. The molecule has 1 saturated carbocycles. The van der Waals surface area contributed by atoms with Gasteiger partial charge in [0, 0.05) is 34.8 Å². The van der Waals surface area contributed by atoms with Crippen LogP contribution in [0.4, 0.5) is 10.1 Å². The Labute approximate surface area is 163 Å². The molecule has 1 atom stereocenters. The largest absolute Gasteiger partial charge is 0.339 e. The predicted molar refractivity (Wildman–Crippen MR) is 109 cm³/mol. The fourth-order valence-corrected chi connectivity index (χ4v) is 4.09. The maximum absolute atomic E-state index is 13.5. The summed E-state index contributed by atoms with van der Waals surface area (Å²) >= 11 is 0. The van der Waals surface area contributed by atoms with Crippen molar-refractivity contribution in [1.82, 2.24) is 9.97 Å². The second-order valence-electron chi connectivity index (χ2n) is 7.77. The average Bonchev–Trinajstić information content (AvgIpc) is 3.13. The minimum absolute atomic E-state index is 0.0137. The molecule has 0 spiro atoms. The van der Waals surface area contributed by atoms with E-state index in [2.05, 4.69) is 15.3 Å². The second-order valence-corrected chi connectivity index (χ2v) is 7.77. The molecule has 146 valence electrons. The third-order valence-corrected chi connectivity index (χ3v) is 5.81. The number of carbonyl (C=O) groups is 1. The number of hydrogen-bond acceptors (Lipinski definition) is 3. The van der Waals surface area contributed by atoms with Gasteiger partial charge in [0.2, 0.25) is 5.91 Å². The maximum Gasteiger partial charge on any atom is 0.227 e. The summed E-state index contributed by atoms with van der Waals surface area (Å²) in [7, 11) is 0. The Hall–Kier alpha value is -2.73. The van der Waals surface area contributed by atoms with Gasteiger partial charge in [-0.2, -0.15) is 0 Å². The van der Waals surface area contributed by atoms with Crippen LogP contribution in [0.3, 0.4) is 0 Å². The summed E-state index contributed by atoms with van der Waals surface area (Å²) in [4.78, 5) is 20.3. The van der Waals surface area contributed by atoms with Gasteiger partial charge in [-0.1, -0.05) is 12.1 Å². The molecular weight excluding hydrogens is 355 g/mol. The molecule has 0 bridgehead atoms. The fourth-order valence-electron chi connectivity index (χ4n) is 4.09. The molecule has 3 aromatic rings. The highest BCUT2D eigenvalue weighted by atomic mass is 19.1. The molecule has 1 amide bonds. The van der Waals surface area contributed by atoms with Crippen molar-refractivity contribution in [3.05, 3.63) is 48.4 Å². The van der Waals surface area contributed by atoms with Crippen molar-refractivity contribution in [2.45, 2.75) is 38.6 Å². The van der Waals surface area contributed by atoms with Crippen LogP contribution in [0.1, 0.15) is 32.6 Å². The van der Waals surface area contributed by atoms with Crippen molar-refractivity contribution >= 4 is 22.6 Å². The molecule has 0 radical (unpaired) electrons. The fraction of sp³-hybridized carbons (Fsp3) is 0.364. The van der Waals surface area contributed by atoms with Crippen molar-refractivity contribution in [3.63, 3.8) is 0 Å². The molecule has 0 saturated heterocycles. The number of amides is 1. The number of carbonyl (C=O) groups excluding carboxylic acids is 1. The number of hydrogen-bond donors (Lipinski definition) is 3. The number of aromatic nitrogens is 2. The smallest absolute Gasteiger partial charge is 0.227 e. The standard InChI is InChI=1S/C22H25FN4O/c1-13(24)14-5-7-15(8-6-14)22(28)27-19-9-10-25-21-18(19)12-20(26-21)16-3-2-4-17(23)11-16/h2-4,9-15H,5-8,24H2,1H3,(H2,25,26,27,28)/t13?,14-,15-. The average molecular weight is 380 g/mol. The number of fused-ring (bicyclic) bond motifs is 1. The van der Waals surface area contributed by atoms with Gasteiger partial charge in [0.05, 0.1) is 5.69 Å². The van der Waals surface area contributed by atoms with Crippen molar-refractivity contribution in [2.75, 3.05) is 5.32 Å². The van der Waals surface area contributed by atoms with Crippen LogP contribution in [0.15, 0.2) is 42.6 Å². The van der Waals surface area contributed by atoms with E-state index in [0.717, 1.165) is 48.0 Å². The van der Waals surface area contributed by atoms with E-state index >= 15 is 0 Å². The Balaban J connectivity index is 1.54. The molecule has 4 N–H and O–H groups in total. The molecule has 1 aliphatic rings. The molecule has 28 heavy (non-hydrogen) atoms. The molecule has 4 rings (SSSR count). The summed E-state index contributed by atoms with van der Waals surface area (Å²) in [5.74, 6) is 0.277. The first-order valence-electron chi connectivity index (χ1n) is 9.81. The van der Waals surface area contributed by atoms with E-state index in [1.165, 1.54) is 12.1 Å². The lowest BCUT2D eigenvalue weighted by molar-refractivity contribution is -0.121. The minimum Gasteiger partial charge on any atom is -0.339 e. The molecule has 1 aliphatic carbocycles. The number of nitrogens with one attached hydrogen (secondary N) is 2. The van der Waals surface area contributed by atoms with Crippen LogP contribution in [0.5, 0.6) is 0 Å². The van der Waals surface area contributed by atoms with Crippen LogP contribution in [0.2, 0.25) is 0 Å². The van der Waals surface area contributed by atoms with E-state index in [1.807, 2.05) is 19.1 Å². The molecular formula is C22H25FN4O. The lowest BCUT2D eigenvalue weighted by Gasteiger charge is -2.30. The van der Waals surface area contributed by atoms with Gasteiger partial charge < -0.3 is 16.0 Å². The van der Waals surface area contributed by atoms with Crippen LogP contribution in [-0.4, -0.2) is 21.9 Å². The van der Waals surface area contributed by atoms with Crippen molar-refractivity contribution in [1.29, 1.82) is 0 Å². The first kappa shape index (κ1) is 18.6. The van der Waals surface area contributed by atoms with Gasteiger partial charge in [0.25, 0.3) is 0 Å². The number of rotatable bonds is 4. The number of halogens is 1. The monoisotopic (exact) mass is 380 g/mol. The zero-order chi connectivity index (χ0) is 19.7. The van der Waals surface area contributed by atoms with Gasteiger partial charge in [-0.3, -0.25) is 4.79 Å². The SMILES string of the molecule is CC(N)[C@H]1CC[C@H](C(=O)Nc2ccnc3[nH]c(-c4cccc(F)c4)cc23)CC1. The summed E-state index contributed by atoms with van der Waals surface area (Å²) < 4.78 is 13.5. The molecule has 1 aromatic carbocycles. The summed E-state index contributed by atoms with van der Waals surface area (Å²) in [6, 6.07) is 10.3. The summed E-state index contributed by atoms with van der Waals surface area (Å²) in [6.45, 7) is 2.04. The van der Waals surface area contributed by atoms with Crippen LogP contribution in [0.25, 0.3) is 22.3 Å². The van der Waals surface area contributed by atoms with Crippen molar-refractivity contribution in [2.24, 2.45) is 17.6 Å². The van der Waals surface area contributed by atoms with E-state index in [9.17, 15) is 9.18 Å². The maximum atomic E-state index is 13.5. The number of nitrogens with zero attached hydrogens (tertiary/aromatic N) is 1. The third-order valence-electron chi connectivity index (χ3n) is 5.81.